The molecule has 0 fully saturated rings. The molecule has 0 aliphatic carbocycles. The zero-order valence-corrected chi connectivity index (χ0v) is 12.7. The van der Waals surface area contributed by atoms with E-state index >= 15 is 0 Å². The second-order valence-corrected chi connectivity index (χ2v) is 5.67. The number of aliphatic carboxylic acids is 1. The lowest BCUT2D eigenvalue weighted by molar-refractivity contribution is -0.137. The van der Waals surface area contributed by atoms with Crippen LogP contribution in [0.5, 0.6) is 5.75 Å². The summed E-state index contributed by atoms with van der Waals surface area (Å²) >= 11 is 0. The van der Waals surface area contributed by atoms with Crippen LogP contribution in [0.1, 0.15) is 29.7 Å². The summed E-state index contributed by atoms with van der Waals surface area (Å²) in [6, 6.07) is 0. The Hall–Kier alpha value is -1.80. The molecule has 0 aliphatic rings. The number of nitrogens with zero attached hydrogens (tertiary/aromatic N) is 2. The van der Waals surface area contributed by atoms with E-state index in [9.17, 15) is 14.5 Å². The number of hydrogen-bond acceptors (Lipinski definition) is 6. The van der Waals surface area contributed by atoms with E-state index in [1.165, 1.54) is 12.4 Å². The number of carbonyl (C=O) groups is 1. The molecule has 10 heteroatoms. The van der Waals surface area contributed by atoms with E-state index in [1.54, 1.807) is 6.92 Å². The van der Waals surface area contributed by atoms with Gasteiger partial charge in [-0.15, -0.1) is 0 Å². The molecule has 0 aliphatic heterocycles. The molecule has 0 bridgehead atoms. The van der Waals surface area contributed by atoms with Gasteiger partial charge in [0.15, 0.2) is 0 Å². The normalized spacial score (nSPS) is 12.0. The van der Waals surface area contributed by atoms with Crippen molar-refractivity contribution in [3.63, 3.8) is 0 Å². The number of phosphoric acid groups is 1. The third-order valence-corrected chi connectivity index (χ3v) is 3.11. The van der Waals surface area contributed by atoms with Gasteiger partial charge in [0.25, 0.3) is 0 Å². The predicted molar refractivity (Wildman–Crippen MR) is 76.8 cm³/mol. The van der Waals surface area contributed by atoms with Crippen molar-refractivity contribution >= 4 is 20.0 Å². The molecular formula is C12H17N2O7P. The van der Waals surface area contributed by atoms with Crippen LogP contribution in [0, 0.1) is 6.92 Å². The van der Waals surface area contributed by atoms with Crippen LogP contribution in [0.4, 0.5) is 0 Å². The minimum absolute atomic E-state index is 0.0210. The number of phosphoric ester groups is 1. The van der Waals surface area contributed by atoms with Gasteiger partial charge in [0, 0.05) is 36.5 Å². The van der Waals surface area contributed by atoms with E-state index in [2.05, 4.69) is 14.5 Å². The molecule has 1 rings (SSSR count). The number of aromatic nitrogens is 1. The number of carboxylic acid groups (broad SMARTS) is 1. The summed E-state index contributed by atoms with van der Waals surface area (Å²) in [5.41, 5.74) is 0.816. The number of pyridine rings is 1. The van der Waals surface area contributed by atoms with Crippen molar-refractivity contribution in [2.45, 2.75) is 26.4 Å². The number of aromatic hydroxyl groups is 1. The molecule has 0 saturated heterocycles. The monoisotopic (exact) mass is 332 g/mol. The van der Waals surface area contributed by atoms with E-state index < -0.39 is 20.4 Å². The maximum absolute atomic E-state index is 10.7. The summed E-state index contributed by atoms with van der Waals surface area (Å²) in [4.78, 5) is 35.7. The van der Waals surface area contributed by atoms with Crippen molar-refractivity contribution in [3.8, 4) is 5.75 Å². The fraction of sp³-hybridized carbons (Fsp3) is 0.417. The summed E-state index contributed by atoms with van der Waals surface area (Å²) in [5, 5.41) is 18.5. The van der Waals surface area contributed by atoms with Crippen molar-refractivity contribution in [2.75, 3.05) is 6.54 Å². The molecule has 1 heterocycles. The number of hydrogen-bond donors (Lipinski definition) is 4. The predicted octanol–water partition coefficient (Wildman–Crippen LogP) is 0.989. The lowest BCUT2D eigenvalue weighted by Crippen LogP contribution is -2.01. The number of rotatable bonds is 8. The number of aliphatic imine (C=N–C) groups is 1. The minimum Gasteiger partial charge on any atom is -0.505 e. The highest BCUT2D eigenvalue weighted by Crippen LogP contribution is 2.37. The molecule has 0 radical (unpaired) electrons. The highest BCUT2D eigenvalue weighted by molar-refractivity contribution is 7.46. The van der Waals surface area contributed by atoms with Gasteiger partial charge in [0.1, 0.15) is 5.75 Å². The van der Waals surface area contributed by atoms with Gasteiger partial charge in [0.2, 0.25) is 0 Å². The van der Waals surface area contributed by atoms with Crippen LogP contribution in [0.3, 0.4) is 0 Å². The first-order valence-electron chi connectivity index (χ1n) is 6.30. The zero-order chi connectivity index (χ0) is 16.8. The molecule has 0 aromatic carbocycles. The van der Waals surface area contributed by atoms with E-state index in [0.29, 0.717) is 12.1 Å². The molecule has 9 nitrogen and oxygen atoms in total. The van der Waals surface area contributed by atoms with Crippen molar-refractivity contribution in [3.05, 3.63) is 23.0 Å². The molecule has 0 atom stereocenters. The van der Waals surface area contributed by atoms with Gasteiger partial charge >= 0.3 is 13.8 Å². The van der Waals surface area contributed by atoms with Crippen LogP contribution in [0.25, 0.3) is 0 Å². The first-order chi connectivity index (χ1) is 10.2. The van der Waals surface area contributed by atoms with Gasteiger partial charge in [-0.1, -0.05) is 0 Å². The van der Waals surface area contributed by atoms with Gasteiger partial charge in [0.05, 0.1) is 12.3 Å². The van der Waals surface area contributed by atoms with Crippen molar-refractivity contribution < 1.29 is 33.9 Å². The number of aryl methyl sites for hydroxylation is 1. The fourth-order valence-electron chi connectivity index (χ4n) is 1.54. The summed E-state index contributed by atoms with van der Waals surface area (Å²) in [7, 11) is -4.64. The first-order valence-corrected chi connectivity index (χ1v) is 7.83. The number of carboxylic acids is 1. The summed E-state index contributed by atoms with van der Waals surface area (Å²) in [6.07, 6.45) is 2.95. The fourth-order valence-corrected chi connectivity index (χ4v) is 1.85. The summed E-state index contributed by atoms with van der Waals surface area (Å²) < 4.78 is 15.1. The summed E-state index contributed by atoms with van der Waals surface area (Å²) in [6.45, 7) is 1.36. The second kappa shape index (κ2) is 8.00. The van der Waals surface area contributed by atoms with Crippen molar-refractivity contribution in [2.24, 2.45) is 4.99 Å². The molecule has 22 heavy (non-hydrogen) atoms. The highest BCUT2D eigenvalue weighted by Gasteiger charge is 2.17. The Morgan fingerprint density at radius 1 is 1.50 bits per heavy atom. The maximum atomic E-state index is 10.7. The van der Waals surface area contributed by atoms with E-state index in [0.717, 1.165) is 0 Å². The molecule has 1 aromatic rings. The van der Waals surface area contributed by atoms with Gasteiger partial charge in [-0.05, 0) is 13.3 Å². The van der Waals surface area contributed by atoms with Gasteiger partial charge < -0.3 is 20.0 Å². The Morgan fingerprint density at radius 3 is 2.77 bits per heavy atom. The molecule has 0 unspecified atom stereocenters. The molecule has 0 saturated carbocycles. The standard InChI is InChI=1S/C12H17N2O7P/c1-8-12(17)10(6-13-4-2-3-11(15)16)9(5-14-8)7-21-22(18,19)20/h5-6,17H,2-4,7H2,1H3,(H,15,16)(H2,18,19,20). The molecule has 122 valence electrons. The smallest absolute Gasteiger partial charge is 0.469 e. The minimum atomic E-state index is -4.64. The van der Waals surface area contributed by atoms with Gasteiger partial charge in [-0.3, -0.25) is 19.3 Å². The van der Waals surface area contributed by atoms with Crippen LogP contribution in [0.2, 0.25) is 0 Å². The Morgan fingerprint density at radius 2 is 2.18 bits per heavy atom. The second-order valence-electron chi connectivity index (χ2n) is 4.43. The average Bonchev–Trinajstić information content (AvgIpc) is 2.40. The van der Waals surface area contributed by atoms with Crippen molar-refractivity contribution in [1.82, 2.24) is 4.98 Å². The summed E-state index contributed by atoms with van der Waals surface area (Å²) in [5.74, 6) is -1.10. The van der Waals surface area contributed by atoms with Crippen LogP contribution < -0.4 is 0 Å². The molecule has 4 N–H and O–H groups in total. The Labute approximate surface area is 126 Å². The van der Waals surface area contributed by atoms with Crippen LogP contribution in [-0.4, -0.2) is 43.7 Å². The lowest BCUT2D eigenvalue weighted by Gasteiger charge is -2.10. The highest BCUT2D eigenvalue weighted by atomic mass is 31.2. The van der Waals surface area contributed by atoms with E-state index in [-0.39, 0.29) is 29.8 Å². The maximum Gasteiger partial charge on any atom is 0.469 e. The van der Waals surface area contributed by atoms with Gasteiger partial charge in [-0.2, -0.15) is 0 Å². The Kier molecular flexibility index (Phi) is 6.63. The van der Waals surface area contributed by atoms with Gasteiger partial charge in [-0.25, -0.2) is 4.57 Å². The SMILES string of the molecule is Cc1ncc(COP(=O)(O)O)c(C=NCCCC(=O)O)c1O. The third-order valence-electron chi connectivity index (χ3n) is 2.64. The Balaban J connectivity index is 2.85. The largest absolute Gasteiger partial charge is 0.505 e. The topological polar surface area (TPSA) is 150 Å². The first kappa shape index (κ1) is 18.2. The average molecular weight is 332 g/mol. The van der Waals surface area contributed by atoms with Crippen LogP contribution in [0.15, 0.2) is 11.2 Å². The third kappa shape index (κ3) is 6.31. The van der Waals surface area contributed by atoms with E-state index in [1.807, 2.05) is 0 Å². The molecule has 0 amide bonds. The zero-order valence-electron chi connectivity index (χ0n) is 11.8. The molecule has 1 aromatic heterocycles. The quantitative estimate of drug-likeness (QED) is 0.313. The Bertz CT molecular complexity index is 612. The molecule has 0 spiro atoms. The molecular weight excluding hydrogens is 315 g/mol. The van der Waals surface area contributed by atoms with Crippen LogP contribution >= 0.6 is 7.82 Å². The van der Waals surface area contributed by atoms with Crippen LogP contribution in [-0.2, 0) is 20.5 Å². The van der Waals surface area contributed by atoms with E-state index in [4.69, 9.17) is 14.9 Å². The lowest BCUT2D eigenvalue weighted by atomic mass is 10.1. The van der Waals surface area contributed by atoms with Crippen molar-refractivity contribution in [1.29, 1.82) is 0 Å².